The highest BCUT2D eigenvalue weighted by molar-refractivity contribution is 5.75. The van der Waals surface area contributed by atoms with Gasteiger partial charge in [-0.25, -0.2) is 0 Å². The lowest BCUT2D eigenvalue weighted by molar-refractivity contribution is -0.148. The third-order valence-electron chi connectivity index (χ3n) is 6.91. The molecule has 4 aromatic carbocycles. The number of hydrogen-bond donors (Lipinski definition) is 1. The van der Waals surface area contributed by atoms with Crippen molar-refractivity contribution < 1.29 is 19.0 Å². The van der Waals surface area contributed by atoms with Gasteiger partial charge in [-0.1, -0.05) is 91.3 Å². The van der Waals surface area contributed by atoms with Crippen LogP contribution in [0.1, 0.15) is 41.5 Å². The number of hydrogen-bond acceptors (Lipinski definition) is 6. The second-order valence-electron chi connectivity index (χ2n) is 10.1. The molecule has 0 aliphatic carbocycles. The average Bonchev–Trinajstić information content (AvgIpc) is 3.02. The predicted octanol–water partition coefficient (Wildman–Crippen LogP) is 6.52. The number of unbranched alkanes of at least 4 members (excludes halogenated alkanes) is 1. The molecule has 41 heavy (non-hydrogen) atoms. The van der Waals surface area contributed by atoms with Crippen molar-refractivity contribution in [3.63, 3.8) is 0 Å². The first-order valence-corrected chi connectivity index (χ1v) is 14.2. The lowest BCUT2D eigenvalue weighted by Crippen LogP contribution is -2.41. The molecule has 4 aromatic rings. The first-order valence-electron chi connectivity index (χ1n) is 14.2. The molecule has 214 valence electrons. The highest BCUT2D eigenvalue weighted by Gasteiger charge is 2.27. The van der Waals surface area contributed by atoms with Gasteiger partial charge in [0.1, 0.15) is 30.8 Å². The van der Waals surface area contributed by atoms with E-state index in [4.69, 9.17) is 19.9 Å². The molecular weight excluding hydrogens is 512 g/mol. The third-order valence-corrected chi connectivity index (χ3v) is 6.91. The highest BCUT2D eigenvalue weighted by Crippen LogP contribution is 2.23. The molecule has 0 heterocycles. The molecule has 0 saturated carbocycles. The zero-order valence-corrected chi connectivity index (χ0v) is 23.8. The van der Waals surface area contributed by atoms with Crippen LogP contribution in [0.3, 0.4) is 0 Å². The van der Waals surface area contributed by atoms with Gasteiger partial charge in [-0.3, -0.25) is 9.69 Å². The number of esters is 1. The number of methoxy groups -OCH3 is 1. The van der Waals surface area contributed by atoms with Gasteiger partial charge in [0.15, 0.2) is 0 Å². The summed E-state index contributed by atoms with van der Waals surface area (Å²) in [7, 11) is 1.45. The van der Waals surface area contributed by atoms with Crippen LogP contribution in [0.15, 0.2) is 109 Å². The first-order chi connectivity index (χ1) is 20.1. The summed E-state index contributed by atoms with van der Waals surface area (Å²) in [4.78, 5) is 15.2. The Morgan fingerprint density at radius 2 is 1.17 bits per heavy atom. The van der Waals surface area contributed by atoms with Crippen molar-refractivity contribution in [1.29, 1.82) is 0 Å². The highest BCUT2D eigenvalue weighted by atomic mass is 16.5. The summed E-state index contributed by atoms with van der Waals surface area (Å²) < 4.78 is 17.4. The minimum Gasteiger partial charge on any atom is -0.489 e. The van der Waals surface area contributed by atoms with Crippen molar-refractivity contribution in [3.8, 4) is 11.5 Å². The number of nitrogens with two attached hydrogens (primary N) is 1. The Kier molecular flexibility index (Phi) is 11.8. The molecule has 6 nitrogen and oxygen atoms in total. The number of rotatable bonds is 16. The Balaban J connectivity index is 1.51. The van der Waals surface area contributed by atoms with Crippen molar-refractivity contribution in [1.82, 2.24) is 4.90 Å². The molecule has 2 N–H and O–H groups in total. The molecule has 0 bridgehead atoms. The minimum absolute atomic E-state index is 0.241. The Morgan fingerprint density at radius 3 is 1.63 bits per heavy atom. The van der Waals surface area contributed by atoms with E-state index in [2.05, 4.69) is 17.0 Å². The van der Waals surface area contributed by atoms with Crippen molar-refractivity contribution in [2.75, 3.05) is 13.7 Å². The van der Waals surface area contributed by atoms with Crippen LogP contribution >= 0.6 is 0 Å². The summed E-state index contributed by atoms with van der Waals surface area (Å²) >= 11 is 0. The number of nitrogens with zero attached hydrogens (tertiary/aromatic N) is 1. The second-order valence-corrected chi connectivity index (χ2v) is 10.1. The van der Waals surface area contributed by atoms with E-state index >= 15 is 0 Å². The number of carbonyl (C=O) groups excluding carboxylic acids is 1. The van der Waals surface area contributed by atoms with Gasteiger partial charge >= 0.3 is 5.97 Å². The summed E-state index contributed by atoms with van der Waals surface area (Å²) in [5.74, 6) is 1.34. The smallest absolute Gasteiger partial charge is 0.323 e. The van der Waals surface area contributed by atoms with E-state index in [0.717, 1.165) is 46.6 Å². The van der Waals surface area contributed by atoms with Gasteiger partial charge in [-0.15, -0.1) is 0 Å². The number of benzene rings is 4. The lowest BCUT2D eigenvalue weighted by atomic mass is 10.0. The topological polar surface area (TPSA) is 74.0 Å². The van der Waals surface area contributed by atoms with Gasteiger partial charge in [-0.05, 0) is 65.9 Å². The fourth-order valence-corrected chi connectivity index (χ4v) is 4.76. The fraction of sp³-hybridized carbons (Fsp3) is 0.286. The van der Waals surface area contributed by atoms with E-state index < -0.39 is 6.04 Å². The minimum atomic E-state index is -0.408. The first kappa shape index (κ1) is 29.8. The molecule has 0 radical (unpaired) electrons. The third kappa shape index (κ3) is 9.78. The Hall–Kier alpha value is -4.13. The molecule has 0 aromatic heterocycles. The van der Waals surface area contributed by atoms with E-state index in [-0.39, 0.29) is 5.97 Å². The second kappa shape index (κ2) is 16.2. The van der Waals surface area contributed by atoms with Gasteiger partial charge in [0.2, 0.25) is 0 Å². The summed E-state index contributed by atoms with van der Waals surface area (Å²) in [6, 6.07) is 35.9. The van der Waals surface area contributed by atoms with Crippen LogP contribution in [-0.2, 0) is 35.8 Å². The number of ether oxygens (including phenoxy) is 3. The maximum absolute atomic E-state index is 13.0. The van der Waals surface area contributed by atoms with E-state index in [0.29, 0.717) is 39.3 Å². The van der Waals surface area contributed by atoms with Crippen LogP contribution in [0.4, 0.5) is 0 Å². The maximum atomic E-state index is 13.0. The molecule has 0 aliphatic rings. The average molecular weight is 553 g/mol. The molecule has 0 fully saturated rings. The van der Waals surface area contributed by atoms with Crippen molar-refractivity contribution >= 4 is 5.97 Å². The number of carbonyl (C=O) groups is 1. The van der Waals surface area contributed by atoms with Crippen molar-refractivity contribution in [2.24, 2.45) is 5.73 Å². The molecule has 0 aliphatic heterocycles. The summed E-state index contributed by atoms with van der Waals surface area (Å²) in [5, 5.41) is 0. The van der Waals surface area contributed by atoms with Crippen LogP contribution in [-0.4, -0.2) is 30.6 Å². The van der Waals surface area contributed by atoms with Crippen molar-refractivity contribution in [3.05, 3.63) is 131 Å². The van der Waals surface area contributed by atoms with Gasteiger partial charge in [0.05, 0.1) is 7.11 Å². The predicted molar refractivity (Wildman–Crippen MR) is 162 cm³/mol. The van der Waals surface area contributed by atoms with E-state index in [9.17, 15) is 4.79 Å². The lowest BCUT2D eigenvalue weighted by Gasteiger charge is -2.30. The van der Waals surface area contributed by atoms with Gasteiger partial charge in [0, 0.05) is 13.1 Å². The summed E-state index contributed by atoms with van der Waals surface area (Å²) in [5.41, 5.74) is 10.1. The van der Waals surface area contributed by atoms with Crippen molar-refractivity contribution in [2.45, 2.75) is 51.6 Å². The monoisotopic (exact) mass is 552 g/mol. The molecule has 4 rings (SSSR count). The summed E-state index contributed by atoms with van der Waals surface area (Å²) in [6.45, 7) is 2.69. The van der Waals surface area contributed by atoms with E-state index in [1.165, 1.54) is 7.11 Å². The quantitative estimate of drug-likeness (QED) is 0.126. The standard InChI is InChI=1S/C35H40N2O4/c1-39-35(38)34(20-8-9-21-36)37(24-30-16-10-18-32(22-30)40-26-28-12-4-2-5-13-28)25-31-17-11-19-33(23-31)41-27-29-14-6-3-7-15-29/h2-7,10-19,22-23,34H,8-9,20-21,24-27,36H2,1H3/t34-/m0/s1. The van der Waals surface area contributed by atoms with Crippen LogP contribution in [0.25, 0.3) is 0 Å². The summed E-state index contributed by atoms with van der Waals surface area (Å²) in [6.07, 6.45) is 2.36. The molecule has 0 spiro atoms. The van der Waals surface area contributed by atoms with Crippen LogP contribution in [0.5, 0.6) is 11.5 Å². The normalized spacial score (nSPS) is 11.7. The fourth-order valence-electron chi connectivity index (χ4n) is 4.76. The maximum Gasteiger partial charge on any atom is 0.323 e. The molecule has 6 heteroatoms. The SMILES string of the molecule is COC(=O)[C@H](CCCCN)N(Cc1cccc(OCc2ccccc2)c1)Cc1cccc(OCc2ccccc2)c1. The Morgan fingerprint density at radius 1 is 0.683 bits per heavy atom. The molecule has 0 unspecified atom stereocenters. The van der Waals surface area contributed by atoms with Gasteiger partial charge < -0.3 is 19.9 Å². The molecular formula is C35H40N2O4. The van der Waals surface area contributed by atoms with E-state index in [1.807, 2.05) is 97.1 Å². The zero-order valence-electron chi connectivity index (χ0n) is 23.8. The molecule has 0 amide bonds. The largest absolute Gasteiger partial charge is 0.489 e. The Labute approximate surface area is 243 Å². The zero-order chi connectivity index (χ0) is 28.7. The Bertz CT molecular complexity index is 1240. The van der Waals surface area contributed by atoms with Gasteiger partial charge in [0.25, 0.3) is 0 Å². The van der Waals surface area contributed by atoms with Crippen LogP contribution in [0.2, 0.25) is 0 Å². The van der Waals surface area contributed by atoms with Crippen LogP contribution < -0.4 is 15.2 Å². The molecule has 1 atom stereocenters. The van der Waals surface area contributed by atoms with E-state index in [1.54, 1.807) is 0 Å². The molecule has 0 saturated heterocycles. The van der Waals surface area contributed by atoms with Gasteiger partial charge in [-0.2, -0.15) is 0 Å². The van der Waals surface area contributed by atoms with Crippen LogP contribution in [0, 0.1) is 0 Å².